The van der Waals surface area contributed by atoms with E-state index in [1.165, 1.54) is 33.0 Å². The molecule has 2 aliphatic rings. The molecule has 0 bridgehead atoms. The molecular weight excluding hydrogens is 638 g/mol. The number of benzene rings is 2. The summed E-state index contributed by atoms with van der Waals surface area (Å²) in [5.74, 6) is -0.961. The summed E-state index contributed by atoms with van der Waals surface area (Å²) in [5.41, 5.74) is 4.30. The molecule has 6 aromatic rings. The second-order valence-electron chi connectivity index (χ2n) is 13.3. The average molecular weight is 677 g/mol. The third-order valence-electron chi connectivity index (χ3n) is 10.00. The first-order valence-electron chi connectivity index (χ1n) is 17.2. The predicted molar refractivity (Wildman–Crippen MR) is 188 cm³/mol. The first kappa shape index (κ1) is 32.2. The summed E-state index contributed by atoms with van der Waals surface area (Å²) in [6.07, 6.45) is 6.90. The molecule has 1 aliphatic heterocycles. The summed E-state index contributed by atoms with van der Waals surface area (Å²) >= 11 is 0. The van der Waals surface area contributed by atoms with E-state index in [0.717, 1.165) is 68.6 Å². The molecule has 12 heteroatoms. The van der Waals surface area contributed by atoms with Gasteiger partial charge in [0.05, 0.1) is 23.0 Å². The standard InChI is InChI=1S/C38H38F2N8O2/c39-28-8-13-35-44-31(24-46(35)23-28)21-42-30-9-11-32(12-10-30)48-37(49)34-19-29(40)20-43-36(34)47(38(48)50)33-3-1-2-27(18-33)26-6-4-25(5-7-26)22-45-16-14-41-15-17-45/h1-8,13,18-20,23-24,30,32,41-42H,9-12,14-17,21-22H2/t30-,32+. The van der Waals surface area contributed by atoms with E-state index in [2.05, 4.69) is 49.8 Å². The highest BCUT2D eigenvalue weighted by Crippen LogP contribution is 2.29. The highest BCUT2D eigenvalue weighted by atomic mass is 19.1. The van der Waals surface area contributed by atoms with Crippen molar-refractivity contribution < 1.29 is 8.78 Å². The van der Waals surface area contributed by atoms with E-state index in [9.17, 15) is 18.4 Å². The van der Waals surface area contributed by atoms with Crippen LogP contribution in [0.25, 0.3) is 33.5 Å². The van der Waals surface area contributed by atoms with E-state index in [1.54, 1.807) is 16.7 Å². The zero-order chi connectivity index (χ0) is 34.2. The van der Waals surface area contributed by atoms with Crippen LogP contribution in [0, 0.1) is 11.6 Å². The Labute approximate surface area is 287 Å². The van der Waals surface area contributed by atoms with Gasteiger partial charge >= 0.3 is 5.69 Å². The maximum absolute atomic E-state index is 14.5. The Morgan fingerprint density at radius 2 is 1.66 bits per heavy atom. The van der Waals surface area contributed by atoms with Gasteiger partial charge in [0.25, 0.3) is 5.56 Å². The van der Waals surface area contributed by atoms with Crippen LogP contribution in [0.4, 0.5) is 8.78 Å². The van der Waals surface area contributed by atoms with Crippen LogP contribution in [0.2, 0.25) is 0 Å². The fraction of sp³-hybridized carbons (Fsp3) is 0.316. The molecule has 0 radical (unpaired) electrons. The highest BCUT2D eigenvalue weighted by Gasteiger charge is 2.27. The zero-order valence-electron chi connectivity index (χ0n) is 27.6. The molecule has 2 N–H and O–H groups in total. The summed E-state index contributed by atoms with van der Waals surface area (Å²) in [6, 6.07) is 20.1. The minimum atomic E-state index is -0.636. The molecule has 256 valence electrons. The largest absolute Gasteiger partial charge is 0.337 e. The summed E-state index contributed by atoms with van der Waals surface area (Å²) in [6.45, 7) is 5.47. The Balaban J connectivity index is 1.04. The molecule has 5 heterocycles. The van der Waals surface area contributed by atoms with Crippen LogP contribution < -0.4 is 21.9 Å². The molecule has 1 saturated carbocycles. The SMILES string of the molecule is O=c1c2cc(F)cnc2n(-c2cccc(-c3ccc(CN4CCNCC4)cc3)c2)c(=O)n1[C@H]1CC[C@@H](NCc2cn3cc(F)ccc3n2)CC1. The number of aromatic nitrogens is 5. The Bertz CT molecular complexity index is 2280. The molecule has 8 rings (SSSR count). The van der Waals surface area contributed by atoms with Crippen molar-refractivity contribution in [2.75, 3.05) is 26.2 Å². The molecular formula is C38H38F2N8O2. The van der Waals surface area contributed by atoms with Crippen molar-refractivity contribution in [1.82, 2.24) is 39.0 Å². The van der Waals surface area contributed by atoms with Crippen molar-refractivity contribution in [2.45, 2.75) is 50.9 Å². The second kappa shape index (κ2) is 13.7. The molecule has 0 atom stereocenters. The number of piperazine rings is 1. The fourth-order valence-electron chi connectivity index (χ4n) is 7.38. The predicted octanol–water partition coefficient (Wildman–Crippen LogP) is 4.82. The van der Waals surface area contributed by atoms with E-state index in [4.69, 9.17) is 0 Å². The molecule has 0 unspecified atom stereocenters. The van der Waals surface area contributed by atoms with Gasteiger partial charge in [0.2, 0.25) is 0 Å². The topological polar surface area (TPSA) is 101 Å². The van der Waals surface area contributed by atoms with Gasteiger partial charge in [-0.25, -0.2) is 28.1 Å². The van der Waals surface area contributed by atoms with E-state index in [1.807, 2.05) is 24.3 Å². The van der Waals surface area contributed by atoms with Crippen LogP contribution in [0.5, 0.6) is 0 Å². The highest BCUT2D eigenvalue weighted by molar-refractivity contribution is 5.76. The molecule has 2 fully saturated rings. The molecule has 4 aromatic heterocycles. The van der Waals surface area contributed by atoms with Crippen LogP contribution >= 0.6 is 0 Å². The molecule has 1 saturated heterocycles. The normalized spacial score (nSPS) is 18.6. The van der Waals surface area contributed by atoms with Gasteiger partial charge in [0, 0.05) is 63.7 Å². The number of halogens is 2. The number of hydrogen-bond acceptors (Lipinski definition) is 7. The molecule has 1 aliphatic carbocycles. The molecule has 0 amide bonds. The Kier molecular flexibility index (Phi) is 8.82. The number of nitrogens with one attached hydrogen (secondary N) is 2. The Hall–Kier alpha value is -5.04. The van der Waals surface area contributed by atoms with Crippen molar-refractivity contribution in [1.29, 1.82) is 0 Å². The maximum Gasteiger partial charge on any atom is 0.337 e. The summed E-state index contributed by atoms with van der Waals surface area (Å²) in [5, 5.41) is 6.98. The molecule has 2 aromatic carbocycles. The third kappa shape index (κ3) is 6.49. The van der Waals surface area contributed by atoms with E-state index in [-0.39, 0.29) is 28.9 Å². The lowest BCUT2D eigenvalue weighted by molar-refractivity contribution is 0.233. The van der Waals surface area contributed by atoms with Gasteiger partial charge in [0.1, 0.15) is 17.3 Å². The Morgan fingerprint density at radius 3 is 2.46 bits per heavy atom. The first-order chi connectivity index (χ1) is 24.4. The third-order valence-corrected chi connectivity index (χ3v) is 10.00. The number of hydrogen-bond donors (Lipinski definition) is 2. The van der Waals surface area contributed by atoms with Gasteiger partial charge in [-0.05, 0) is 72.7 Å². The minimum absolute atomic E-state index is 0.0656. The summed E-state index contributed by atoms with van der Waals surface area (Å²) in [4.78, 5) is 39.4. The number of rotatable bonds is 8. The van der Waals surface area contributed by atoms with Gasteiger partial charge in [-0.1, -0.05) is 36.4 Å². The lowest BCUT2D eigenvalue weighted by Gasteiger charge is -2.30. The van der Waals surface area contributed by atoms with E-state index < -0.39 is 17.1 Å². The summed E-state index contributed by atoms with van der Waals surface area (Å²) < 4.78 is 32.5. The van der Waals surface area contributed by atoms with Gasteiger partial charge in [-0.3, -0.25) is 14.3 Å². The van der Waals surface area contributed by atoms with Crippen LogP contribution in [0.1, 0.15) is 43.0 Å². The number of nitrogens with zero attached hydrogens (tertiary/aromatic N) is 6. The first-order valence-corrected chi connectivity index (χ1v) is 17.2. The lowest BCUT2D eigenvalue weighted by atomic mass is 9.91. The van der Waals surface area contributed by atoms with Crippen molar-refractivity contribution in [2.24, 2.45) is 0 Å². The van der Waals surface area contributed by atoms with Crippen molar-refractivity contribution in [3.63, 3.8) is 0 Å². The quantitative estimate of drug-likeness (QED) is 0.239. The van der Waals surface area contributed by atoms with Crippen LogP contribution in [0.3, 0.4) is 0 Å². The number of pyridine rings is 2. The number of fused-ring (bicyclic) bond motifs is 2. The van der Waals surface area contributed by atoms with Crippen molar-refractivity contribution in [3.05, 3.63) is 129 Å². The fourth-order valence-corrected chi connectivity index (χ4v) is 7.38. The van der Waals surface area contributed by atoms with Crippen molar-refractivity contribution >= 4 is 16.7 Å². The molecule has 0 spiro atoms. The zero-order valence-corrected chi connectivity index (χ0v) is 27.6. The van der Waals surface area contributed by atoms with Gasteiger partial charge in [-0.2, -0.15) is 0 Å². The van der Waals surface area contributed by atoms with Gasteiger partial charge in [0.15, 0.2) is 5.65 Å². The number of imidazole rings is 1. The average Bonchev–Trinajstić information content (AvgIpc) is 3.54. The maximum atomic E-state index is 14.5. The van der Waals surface area contributed by atoms with Crippen LogP contribution in [-0.2, 0) is 13.1 Å². The Morgan fingerprint density at radius 1 is 0.860 bits per heavy atom. The van der Waals surface area contributed by atoms with Gasteiger partial charge in [-0.15, -0.1) is 0 Å². The van der Waals surface area contributed by atoms with E-state index in [0.29, 0.717) is 30.7 Å². The van der Waals surface area contributed by atoms with Crippen LogP contribution in [-0.4, -0.2) is 60.6 Å². The lowest BCUT2D eigenvalue weighted by Crippen LogP contribution is -2.44. The second-order valence-corrected chi connectivity index (χ2v) is 13.3. The monoisotopic (exact) mass is 676 g/mol. The minimum Gasteiger partial charge on any atom is -0.314 e. The van der Waals surface area contributed by atoms with Crippen LogP contribution in [0.15, 0.2) is 94.9 Å². The van der Waals surface area contributed by atoms with Crippen molar-refractivity contribution in [3.8, 4) is 16.8 Å². The van der Waals surface area contributed by atoms with E-state index >= 15 is 0 Å². The molecule has 10 nitrogen and oxygen atoms in total. The molecule has 50 heavy (non-hydrogen) atoms. The van der Waals surface area contributed by atoms with Gasteiger partial charge < -0.3 is 15.0 Å². The summed E-state index contributed by atoms with van der Waals surface area (Å²) in [7, 11) is 0. The smallest absolute Gasteiger partial charge is 0.314 e.